The Morgan fingerprint density at radius 1 is 0.578 bits per heavy atom. The van der Waals surface area contributed by atoms with E-state index in [0.717, 1.165) is 48.5 Å². The molecule has 0 radical (unpaired) electrons. The summed E-state index contributed by atoms with van der Waals surface area (Å²) in [5.41, 5.74) is 0. The predicted octanol–water partition coefficient (Wildman–Crippen LogP) is -0.679. The summed E-state index contributed by atoms with van der Waals surface area (Å²) in [6, 6.07) is 0. The molecule has 0 aliphatic carbocycles. The number of hydrogen-bond acceptors (Lipinski definition) is 18. The molecule has 0 saturated carbocycles. The quantitative estimate of drug-likeness (QED) is 0.159. The van der Waals surface area contributed by atoms with Crippen LogP contribution >= 0.6 is 15.9 Å². The molecule has 0 unspecified atom stereocenters. The van der Waals surface area contributed by atoms with E-state index in [-0.39, 0.29) is 0 Å². The van der Waals surface area contributed by atoms with Crippen LogP contribution in [0.15, 0.2) is 0 Å². The lowest BCUT2D eigenvalue weighted by Crippen LogP contribution is -2.68. The Bertz CT molecular complexity index is 1140. The van der Waals surface area contributed by atoms with Gasteiger partial charge in [-0.05, 0) is 15.9 Å². The van der Waals surface area contributed by atoms with Gasteiger partial charge in [0.25, 0.3) is 4.70 Å². The highest BCUT2D eigenvalue weighted by molar-refractivity contribution is 9.10. The second kappa shape index (κ2) is 16.3. The van der Waals surface area contributed by atoms with Crippen molar-refractivity contribution in [3.05, 3.63) is 0 Å². The van der Waals surface area contributed by atoms with Crippen LogP contribution in [0.5, 0.6) is 0 Å². The molecule has 0 amide bonds. The van der Waals surface area contributed by atoms with Gasteiger partial charge in [-0.3, -0.25) is 33.6 Å². The second-order valence-corrected chi connectivity index (χ2v) is 11.0. The maximum absolute atomic E-state index is 12.2. The van der Waals surface area contributed by atoms with Crippen molar-refractivity contribution in [2.45, 2.75) is 108 Å². The molecule has 254 valence electrons. The molecular weight excluding hydrogens is 680 g/mol. The molecule has 0 spiro atoms. The van der Waals surface area contributed by atoms with E-state index in [1.165, 1.54) is 0 Å². The number of halogens is 1. The molecule has 0 bridgehead atoms. The van der Waals surface area contributed by atoms with Crippen LogP contribution in [0.3, 0.4) is 0 Å². The van der Waals surface area contributed by atoms with Gasteiger partial charge in [0, 0.05) is 48.5 Å². The van der Waals surface area contributed by atoms with Gasteiger partial charge in [0.2, 0.25) is 6.10 Å². The highest BCUT2D eigenvalue weighted by atomic mass is 79.9. The summed E-state index contributed by atoms with van der Waals surface area (Å²) in [4.78, 5) is 83.9. The molecule has 2 aliphatic heterocycles. The lowest BCUT2D eigenvalue weighted by molar-refractivity contribution is -0.362. The smallest absolute Gasteiger partial charge is 0.303 e. The highest BCUT2D eigenvalue weighted by Gasteiger charge is 2.60. The number of esters is 7. The highest BCUT2D eigenvalue weighted by Crippen LogP contribution is 2.40. The number of ether oxygens (including phenoxy) is 10. The SMILES string of the molecule is CC(=O)OC[C@H]1O[C@@H](O[C@@H]2[C@H](OC(C)=O)[C@@H](OC(C)=O)[C@](O)(Br)O[C@@H]2COC(C)=O)[C@H](OC(C)=O)[C@@H](OC(C)=O)[C@H]1OC(C)=O. The zero-order chi connectivity index (χ0) is 34.2. The molecular formula is C26H35BrO18. The van der Waals surface area contributed by atoms with Gasteiger partial charge >= 0.3 is 41.8 Å². The Labute approximate surface area is 265 Å². The van der Waals surface area contributed by atoms with Gasteiger partial charge < -0.3 is 52.5 Å². The van der Waals surface area contributed by atoms with Gasteiger partial charge in [-0.2, -0.15) is 0 Å². The number of hydrogen-bond donors (Lipinski definition) is 1. The van der Waals surface area contributed by atoms with Crippen molar-refractivity contribution >= 4 is 57.7 Å². The molecule has 2 aliphatic rings. The minimum atomic E-state index is -2.52. The molecule has 18 nitrogen and oxygen atoms in total. The zero-order valence-electron chi connectivity index (χ0n) is 25.4. The molecule has 19 heteroatoms. The molecule has 2 fully saturated rings. The van der Waals surface area contributed by atoms with Crippen LogP contribution < -0.4 is 0 Å². The summed E-state index contributed by atoms with van der Waals surface area (Å²) in [6.45, 7) is 5.99. The fraction of sp³-hybridized carbons (Fsp3) is 0.731. The van der Waals surface area contributed by atoms with Crippen LogP contribution in [-0.2, 0) is 80.9 Å². The summed E-state index contributed by atoms with van der Waals surface area (Å²) < 4.78 is 51.9. The largest absolute Gasteiger partial charge is 0.463 e. The van der Waals surface area contributed by atoms with Crippen molar-refractivity contribution < 1.29 is 86.0 Å². The van der Waals surface area contributed by atoms with E-state index in [0.29, 0.717) is 0 Å². The molecule has 2 heterocycles. The third-order valence-corrected chi connectivity index (χ3v) is 6.58. The van der Waals surface area contributed by atoms with Crippen molar-refractivity contribution in [1.29, 1.82) is 0 Å². The van der Waals surface area contributed by atoms with E-state index in [9.17, 15) is 38.7 Å². The number of rotatable bonds is 11. The number of carbonyl (C=O) groups excluding carboxylic acids is 7. The first-order valence-corrected chi connectivity index (χ1v) is 14.1. The topological polar surface area (TPSA) is 232 Å². The van der Waals surface area contributed by atoms with Gasteiger partial charge in [-0.15, -0.1) is 0 Å². The molecule has 45 heavy (non-hydrogen) atoms. The van der Waals surface area contributed by atoms with Crippen molar-refractivity contribution in [3.8, 4) is 0 Å². The summed E-state index contributed by atoms with van der Waals surface area (Å²) in [7, 11) is 0. The molecule has 2 rings (SSSR count). The van der Waals surface area contributed by atoms with E-state index < -0.39 is 115 Å². The fourth-order valence-corrected chi connectivity index (χ4v) is 5.11. The van der Waals surface area contributed by atoms with E-state index in [4.69, 9.17) is 47.4 Å². The molecule has 1 N–H and O–H groups in total. The Balaban J connectivity index is 2.71. The van der Waals surface area contributed by atoms with Crippen LogP contribution in [0.1, 0.15) is 48.5 Å². The van der Waals surface area contributed by atoms with Crippen LogP contribution in [0.4, 0.5) is 0 Å². The zero-order valence-corrected chi connectivity index (χ0v) is 27.0. The number of alkyl halides is 1. The maximum Gasteiger partial charge on any atom is 0.303 e. The van der Waals surface area contributed by atoms with Gasteiger partial charge in [-0.1, -0.05) is 0 Å². The minimum absolute atomic E-state index is 0.583. The van der Waals surface area contributed by atoms with Gasteiger partial charge in [0.15, 0.2) is 30.7 Å². The van der Waals surface area contributed by atoms with Crippen LogP contribution in [0, 0.1) is 0 Å². The predicted molar refractivity (Wildman–Crippen MR) is 143 cm³/mol. The first-order valence-electron chi connectivity index (χ1n) is 13.3. The number of carbonyl (C=O) groups is 7. The summed E-state index contributed by atoms with van der Waals surface area (Å²) in [5.74, 6) is -6.14. The van der Waals surface area contributed by atoms with Crippen LogP contribution in [-0.4, -0.2) is 120 Å². The lowest BCUT2D eigenvalue weighted by Gasteiger charge is -2.49. The Morgan fingerprint density at radius 2 is 1.00 bits per heavy atom. The Kier molecular flexibility index (Phi) is 13.7. The van der Waals surface area contributed by atoms with E-state index in [1.54, 1.807) is 0 Å². The fourth-order valence-electron chi connectivity index (χ4n) is 4.52. The van der Waals surface area contributed by atoms with Gasteiger partial charge in [0.1, 0.15) is 31.5 Å². The second-order valence-electron chi connectivity index (χ2n) is 9.84. The molecule has 10 atom stereocenters. The van der Waals surface area contributed by atoms with Crippen molar-refractivity contribution in [3.63, 3.8) is 0 Å². The summed E-state index contributed by atoms with van der Waals surface area (Å²) >= 11 is 2.89. The van der Waals surface area contributed by atoms with Crippen molar-refractivity contribution in [2.24, 2.45) is 0 Å². The third kappa shape index (κ3) is 11.2. The molecule has 0 aromatic heterocycles. The minimum Gasteiger partial charge on any atom is -0.463 e. The molecule has 0 aromatic rings. The normalized spacial score (nSPS) is 32.7. The first-order chi connectivity index (χ1) is 20.8. The summed E-state index contributed by atoms with van der Waals surface area (Å²) in [5, 5.41) is 11.0. The molecule has 2 saturated heterocycles. The van der Waals surface area contributed by atoms with Crippen molar-refractivity contribution in [1.82, 2.24) is 0 Å². The maximum atomic E-state index is 12.2. The van der Waals surface area contributed by atoms with E-state index >= 15 is 0 Å². The average molecular weight is 715 g/mol. The lowest BCUT2D eigenvalue weighted by atomic mass is 9.96. The average Bonchev–Trinajstić information content (AvgIpc) is 2.87. The Morgan fingerprint density at radius 3 is 1.47 bits per heavy atom. The first kappa shape index (κ1) is 37.8. The van der Waals surface area contributed by atoms with Crippen LogP contribution in [0.2, 0.25) is 0 Å². The monoisotopic (exact) mass is 714 g/mol. The van der Waals surface area contributed by atoms with Gasteiger partial charge in [0.05, 0.1) is 0 Å². The molecule has 0 aromatic carbocycles. The standard InChI is InChI=1S/C26H35BrO18/c1-10(28)36-8-17-19(38-12(3)30)21(39-13(4)31)23(41-15(6)33)25(43-17)44-20-18(9-37-11(2)29)45-26(27,35)24(42-16(7)34)22(20)40-14(5)32/h17-25,35H,8-9H2,1-7H3/t17-,18-,19+,20+,21+,22+,23-,24-,25+,26-/m1/s1. The third-order valence-electron chi connectivity index (χ3n) is 5.94. The van der Waals surface area contributed by atoms with Crippen molar-refractivity contribution in [2.75, 3.05) is 13.2 Å². The van der Waals surface area contributed by atoms with Crippen LogP contribution in [0.25, 0.3) is 0 Å². The number of aliphatic hydroxyl groups is 1. The Hall–Kier alpha value is -3.39. The van der Waals surface area contributed by atoms with E-state index in [1.807, 2.05) is 0 Å². The summed E-state index contributed by atoms with van der Waals surface area (Å²) in [6.07, 6.45) is -14.8. The van der Waals surface area contributed by atoms with E-state index in [2.05, 4.69) is 15.9 Å². The van der Waals surface area contributed by atoms with Gasteiger partial charge in [-0.25, -0.2) is 0 Å².